The van der Waals surface area contributed by atoms with E-state index in [-0.39, 0.29) is 15.7 Å². The first-order chi connectivity index (χ1) is 8.49. The fourth-order valence-corrected chi connectivity index (χ4v) is 2.79. The van der Waals surface area contributed by atoms with Crippen LogP contribution in [-0.2, 0) is 10.0 Å². The molecular weight excluding hydrogens is 274 g/mol. The lowest BCUT2D eigenvalue weighted by atomic mass is 10.4. The van der Waals surface area contributed by atoms with Gasteiger partial charge >= 0.3 is 0 Å². The van der Waals surface area contributed by atoms with E-state index in [1.165, 1.54) is 18.5 Å². The van der Waals surface area contributed by atoms with Gasteiger partial charge in [-0.15, -0.1) is 0 Å². The topological polar surface area (TPSA) is 72.0 Å². The Morgan fingerprint density at radius 3 is 2.72 bits per heavy atom. The second kappa shape index (κ2) is 4.91. The van der Waals surface area contributed by atoms with Gasteiger partial charge in [0, 0.05) is 18.1 Å². The minimum Gasteiger partial charge on any atom is -0.263 e. The van der Waals surface area contributed by atoms with Crippen molar-refractivity contribution in [3.8, 4) is 0 Å². The number of aromatic nitrogens is 2. The molecule has 0 bridgehead atoms. The molecule has 0 aliphatic carbocycles. The van der Waals surface area contributed by atoms with E-state index >= 15 is 0 Å². The SMILES string of the molecule is Cc1cccc(NS(=O)(=O)c2cnccc2Cl)n1. The van der Waals surface area contributed by atoms with Crippen LogP contribution in [0.2, 0.25) is 5.02 Å². The fraction of sp³-hybridized carbons (Fsp3) is 0.0909. The molecule has 0 atom stereocenters. The zero-order chi connectivity index (χ0) is 13.2. The van der Waals surface area contributed by atoms with Gasteiger partial charge in [-0.1, -0.05) is 17.7 Å². The van der Waals surface area contributed by atoms with Gasteiger partial charge in [0.15, 0.2) is 0 Å². The lowest BCUT2D eigenvalue weighted by Gasteiger charge is -2.08. The molecule has 94 valence electrons. The normalized spacial score (nSPS) is 11.2. The highest BCUT2D eigenvalue weighted by Crippen LogP contribution is 2.21. The standard InChI is InChI=1S/C11H10ClN3O2S/c1-8-3-2-4-11(14-8)15-18(16,17)10-7-13-6-5-9(10)12/h2-7H,1H3,(H,14,15). The summed E-state index contributed by atoms with van der Waals surface area (Å²) in [6.07, 6.45) is 2.62. The zero-order valence-electron chi connectivity index (χ0n) is 9.46. The fourth-order valence-electron chi connectivity index (χ4n) is 1.35. The molecule has 0 aromatic carbocycles. The van der Waals surface area contributed by atoms with Crippen molar-refractivity contribution < 1.29 is 8.42 Å². The average molecular weight is 284 g/mol. The molecule has 0 spiro atoms. The van der Waals surface area contributed by atoms with Gasteiger partial charge in [0.05, 0.1) is 5.02 Å². The summed E-state index contributed by atoms with van der Waals surface area (Å²) in [5.74, 6) is 0.245. The summed E-state index contributed by atoms with van der Waals surface area (Å²) in [6, 6.07) is 6.47. The second-order valence-electron chi connectivity index (χ2n) is 3.58. The van der Waals surface area contributed by atoms with Crippen molar-refractivity contribution in [2.45, 2.75) is 11.8 Å². The molecule has 5 nitrogen and oxygen atoms in total. The van der Waals surface area contributed by atoms with Crippen LogP contribution in [0.15, 0.2) is 41.6 Å². The molecule has 0 aliphatic heterocycles. The molecule has 2 heterocycles. The number of halogens is 1. The monoisotopic (exact) mass is 283 g/mol. The highest BCUT2D eigenvalue weighted by molar-refractivity contribution is 7.92. The van der Waals surface area contributed by atoms with Crippen LogP contribution in [-0.4, -0.2) is 18.4 Å². The number of nitrogens with one attached hydrogen (secondary N) is 1. The summed E-state index contributed by atoms with van der Waals surface area (Å²) in [7, 11) is -3.77. The molecule has 2 aromatic rings. The summed E-state index contributed by atoms with van der Waals surface area (Å²) >= 11 is 5.83. The average Bonchev–Trinajstić information content (AvgIpc) is 2.28. The first-order valence-electron chi connectivity index (χ1n) is 5.05. The maximum atomic E-state index is 12.1. The van der Waals surface area contributed by atoms with E-state index in [4.69, 9.17) is 11.6 Å². The largest absolute Gasteiger partial charge is 0.266 e. The molecule has 2 rings (SSSR count). The number of sulfonamides is 1. The van der Waals surface area contributed by atoms with Crippen molar-refractivity contribution in [1.82, 2.24) is 9.97 Å². The predicted octanol–water partition coefficient (Wildman–Crippen LogP) is 2.24. The Morgan fingerprint density at radius 2 is 2.06 bits per heavy atom. The van der Waals surface area contributed by atoms with E-state index in [0.29, 0.717) is 5.69 Å². The Kier molecular flexibility index (Phi) is 3.49. The van der Waals surface area contributed by atoms with Crippen molar-refractivity contribution in [2.24, 2.45) is 0 Å². The number of pyridine rings is 2. The quantitative estimate of drug-likeness (QED) is 0.938. The molecule has 0 saturated heterocycles. The van der Waals surface area contributed by atoms with Gasteiger partial charge in [-0.3, -0.25) is 9.71 Å². The Morgan fingerprint density at radius 1 is 1.28 bits per heavy atom. The van der Waals surface area contributed by atoms with Crippen LogP contribution in [0.5, 0.6) is 0 Å². The molecule has 0 unspecified atom stereocenters. The number of hydrogen-bond acceptors (Lipinski definition) is 4. The highest BCUT2D eigenvalue weighted by atomic mass is 35.5. The van der Waals surface area contributed by atoms with Crippen molar-refractivity contribution >= 4 is 27.4 Å². The van der Waals surface area contributed by atoms with E-state index in [1.54, 1.807) is 25.1 Å². The molecule has 1 N–H and O–H groups in total. The Labute approximate surface area is 110 Å². The van der Waals surface area contributed by atoms with E-state index in [9.17, 15) is 8.42 Å². The number of hydrogen-bond donors (Lipinski definition) is 1. The minimum atomic E-state index is -3.77. The van der Waals surface area contributed by atoms with Crippen LogP contribution in [0.4, 0.5) is 5.82 Å². The van der Waals surface area contributed by atoms with E-state index in [2.05, 4.69) is 14.7 Å². The maximum absolute atomic E-state index is 12.1. The van der Waals surface area contributed by atoms with Gasteiger partial charge in [-0.2, -0.15) is 0 Å². The Hall–Kier alpha value is -1.66. The second-order valence-corrected chi connectivity index (χ2v) is 5.63. The Bertz CT molecular complexity index is 673. The van der Waals surface area contributed by atoms with Crippen molar-refractivity contribution in [2.75, 3.05) is 4.72 Å². The zero-order valence-corrected chi connectivity index (χ0v) is 11.0. The summed E-state index contributed by atoms with van der Waals surface area (Å²) in [5, 5.41) is 0.116. The molecule has 0 radical (unpaired) electrons. The lowest BCUT2D eigenvalue weighted by Crippen LogP contribution is -2.14. The summed E-state index contributed by atoms with van der Waals surface area (Å²) in [6.45, 7) is 1.77. The highest BCUT2D eigenvalue weighted by Gasteiger charge is 2.18. The molecule has 18 heavy (non-hydrogen) atoms. The third kappa shape index (κ3) is 2.77. The lowest BCUT2D eigenvalue weighted by molar-refractivity contribution is 0.600. The predicted molar refractivity (Wildman–Crippen MR) is 69.0 cm³/mol. The molecule has 0 aliphatic rings. The number of nitrogens with zero attached hydrogens (tertiary/aromatic N) is 2. The summed E-state index contributed by atoms with van der Waals surface area (Å²) in [4.78, 5) is 7.73. The van der Waals surface area contributed by atoms with Crippen molar-refractivity contribution in [3.05, 3.63) is 47.4 Å². The van der Waals surface area contributed by atoms with Crippen LogP contribution >= 0.6 is 11.6 Å². The number of aryl methyl sites for hydroxylation is 1. The van der Waals surface area contributed by atoms with Gasteiger partial charge in [0.1, 0.15) is 10.7 Å². The molecule has 2 aromatic heterocycles. The number of anilines is 1. The van der Waals surface area contributed by atoms with Crippen LogP contribution < -0.4 is 4.72 Å². The van der Waals surface area contributed by atoms with Gasteiger partial charge in [-0.25, -0.2) is 13.4 Å². The molecule has 0 amide bonds. The summed E-state index contributed by atoms with van der Waals surface area (Å²) in [5.41, 5.74) is 0.715. The minimum absolute atomic E-state index is 0.0741. The number of rotatable bonds is 3. The maximum Gasteiger partial charge on any atom is 0.266 e. The smallest absolute Gasteiger partial charge is 0.263 e. The third-order valence-corrected chi connectivity index (χ3v) is 3.97. The van der Waals surface area contributed by atoms with Crippen molar-refractivity contribution in [3.63, 3.8) is 0 Å². The molecule has 0 saturated carbocycles. The third-order valence-electron chi connectivity index (χ3n) is 2.15. The van der Waals surface area contributed by atoms with E-state index in [1.807, 2.05) is 0 Å². The molecular formula is C11H10ClN3O2S. The summed E-state index contributed by atoms with van der Waals surface area (Å²) < 4.78 is 26.5. The van der Waals surface area contributed by atoms with E-state index < -0.39 is 10.0 Å². The van der Waals surface area contributed by atoms with Crippen molar-refractivity contribution in [1.29, 1.82) is 0 Å². The van der Waals surface area contributed by atoms with Crippen LogP contribution in [0.3, 0.4) is 0 Å². The van der Waals surface area contributed by atoms with Crippen LogP contribution in [0.1, 0.15) is 5.69 Å². The van der Waals surface area contributed by atoms with Crippen LogP contribution in [0, 0.1) is 6.92 Å². The Balaban J connectivity index is 2.37. The van der Waals surface area contributed by atoms with Crippen LogP contribution in [0.25, 0.3) is 0 Å². The van der Waals surface area contributed by atoms with E-state index in [0.717, 1.165) is 0 Å². The van der Waals surface area contributed by atoms with Gasteiger partial charge < -0.3 is 0 Å². The first-order valence-corrected chi connectivity index (χ1v) is 6.91. The first kappa shape index (κ1) is 12.8. The van der Waals surface area contributed by atoms with Gasteiger partial charge in [0.2, 0.25) is 0 Å². The molecule has 0 fully saturated rings. The van der Waals surface area contributed by atoms with Gasteiger partial charge in [-0.05, 0) is 25.1 Å². The molecule has 7 heteroatoms. The van der Waals surface area contributed by atoms with Gasteiger partial charge in [0.25, 0.3) is 10.0 Å².